The summed E-state index contributed by atoms with van der Waals surface area (Å²) in [5, 5.41) is 6.81. The molecule has 3 nitrogen and oxygen atoms in total. The summed E-state index contributed by atoms with van der Waals surface area (Å²) in [6.45, 7) is 8.95. The Labute approximate surface area is 143 Å². The molecule has 0 radical (unpaired) electrons. The number of halogens is 1. The Morgan fingerprint density at radius 1 is 0.958 bits per heavy atom. The van der Waals surface area contributed by atoms with Crippen LogP contribution in [0, 0.1) is 12.7 Å². The van der Waals surface area contributed by atoms with Crippen molar-refractivity contribution in [2.45, 2.75) is 20.4 Å². The van der Waals surface area contributed by atoms with Crippen LogP contribution in [0.2, 0.25) is 0 Å². The van der Waals surface area contributed by atoms with Crippen LogP contribution in [-0.2, 0) is 6.54 Å². The van der Waals surface area contributed by atoms with Gasteiger partial charge in [-0.15, -0.1) is 0 Å². The van der Waals surface area contributed by atoms with Gasteiger partial charge in [-0.05, 0) is 37.1 Å². The van der Waals surface area contributed by atoms with Gasteiger partial charge in [-0.3, -0.25) is 9.91 Å². The molecule has 0 spiro atoms. The molecular formula is C20H24FN3. The highest BCUT2D eigenvalue weighted by molar-refractivity contribution is 5.98. The largest absolute Gasteiger partial charge is 0.295 e. The fourth-order valence-electron chi connectivity index (χ4n) is 2.91. The molecule has 2 aromatic rings. The van der Waals surface area contributed by atoms with E-state index in [-0.39, 0.29) is 5.82 Å². The summed E-state index contributed by atoms with van der Waals surface area (Å²) in [6.07, 6.45) is 0. The van der Waals surface area contributed by atoms with E-state index in [0.717, 1.165) is 44.0 Å². The highest BCUT2D eigenvalue weighted by Gasteiger charge is 2.16. The van der Waals surface area contributed by atoms with Crippen molar-refractivity contribution in [1.82, 2.24) is 9.91 Å². The third-order valence-corrected chi connectivity index (χ3v) is 4.43. The van der Waals surface area contributed by atoms with Gasteiger partial charge in [0.1, 0.15) is 5.82 Å². The van der Waals surface area contributed by atoms with E-state index in [1.165, 1.54) is 23.3 Å². The molecule has 1 fully saturated rings. The van der Waals surface area contributed by atoms with Crippen LogP contribution in [-0.4, -0.2) is 41.8 Å². The number of hydrogen-bond donors (Lipinski definition) is 0. The molecule has 126 valence electrons. The molecule has 24 heavy (non-hydrogen) atoms. The van der Waals surface area contributed by atoms with E-state index in [9.17, 15) is 4.39 Å². The lowest BCUT2D eigenvalue weighted by Gasteiger charge is -2.33. The van der Waals surface area contributed by atoms with Crippen molar-refractivity contribution in [3.05, 3.63) is 71.0 Å². The summed E-state index contributed by atoms with van der Waals surface area (Å²) in [5.41, 5.74) is 4.56. The molecule has 3 rings (SSSR count). The van der Waals surface area contributed by atoms with Crippen molar-refractivity contribution in [3.8, 4) is 0 Å². The van der Waals surface area contributed by atoms with Crippen LogP contribution in [0.4, 0.5) is 4.39 Å². The summed E-state index contributed by atoms with van der Waals surface area (Å²) in [5.74, 6) is -0.212. The highest BCUT2D eigenvalue weighted by Crippen LogP contribution is 2.11. The van der Waals surface area contributed by atoms with Crippen molar-refractivity contribution >= 4 is 5.71 Å². The first kappa shape index (κ1) is 16.7. The van der Waals surface area contributed by atoms with Gasteiger partial charge < -0.3 is 0 Å². The minimum Gasteiger partial charge on any atom is -0.295 e. The summed E-state index contributed by atoms with van der Waals surface area (Å²) in [4.78, 5) is 2.46. The first-order valence-electron chi connectivity index (χ1n) is 8.44. The average molecular weight is 325 g/mol. The second-order valence-electron chi connectivity index (χ2n) is 6.41. The number of benzene rings is 2. The predicted octanol–water partition coefficient (Wildman–Crippen LogP) is 3.68. The van der Waals surface area contributed by atoms with Gasteiger partial charge in [0, 0.05) is 32.7 Å². The maximum atomic E-state index is 13.0. The minimum absolute atomic E-state index is 0.212. The molecular weight excluding hydrogens is 301 g/mol. The SMILES string of the molecule is CC(=NN1CCN(Cc2ccc(C)cc2)CC1)c1ccc(F)cc1. The van der Waals surface area contributed by atoms with Crippen molar-refractivity contribution < 1.29 is 4.39 Å². The first-order chi connectivity index (χ1) is 11.6. The lowest BCUT2D eigenvalue weighted by atomic mass is 10.1. The van der Waals surface area contributed by atoms with E-state index in [2.05, 4.69) is 46.2 Å². The van der Waals surface area contributed by atoms with Crippen molar-refractivity contribution in [2.75, 3.05) is 26.2 Å². The number of hydrazone groups is 1. The van der Waals surface area contributed by atoms with Crippen molar-refractivity contribution in [2.24, 2.45) is 5.10 Å². The molecule has 1 heterocycles. The predicted molar refractivity (Wildman–Crippen MR) is 96.6 cm³/mol. The Morgan fingerprint density at radius 3 is 2.21 bits per heavy atom. The monoisotopic (exact) mass is 325 g/mol. The molecule has 0 amide bonds. The molecule has 0 atom stereocenters. The second kappa shape index (κ2) is 7.58. The van der Waals surface area contributed by atoms with Crippen LogP contribution in [0.15, 0.2) is 53.6 Å². The van der Waals surface area contributed by atoms with Crippen molar-refractivity contribution in [1.29, 1.82) is 0 Å². The normalized spacial score (nSPS) is 16.5. The molecule has 1 aliphatic heterocycles. The lowest BCUT2D eigenvalue weighted by Crippen LogP contribution is -2.43. The van der Waals surface area contributed by atoms with E-state index in [4.69, 9.17) is 0 Å². The van der Waals surface area contributed by atoms with Gasteiger partial charge >= 0.3 is 0 Å². The number of hydrogen-bond acceptors (Lipinski definition) is 3. The Balaban J connectivity index is 1.53. The van der Waals surface area contributed by atoms with Gasteiger partial charge in [0.15, 0.2) is 0 Å². The van der Waals surface area contributed by atoms with Gasteiger partial charge in [-0.1, -0.05) is 42.0 Å². The lowest BCUT2D eigenvalue weighted by molar-refractivity contribution is 0.130. The van der Waals surface area contributed by atoms with Crippen LogP contribution in [0.1, 0.15) is 23.6 Å². The Hall–Kier alpha value is -2.20. The molecule has 1 saturated heterocycles. The van der Waals surface area contributed by atoms with E-state index in [1.807, 2.05) is 6.92 Å². The number of rotatable bonds is 4. The van der Waals surface area contributed by atoms with E-state index >= 15 is 0 Å². The van der Waals surface area contributed by atoms with Gasteiger partial charge in [-0.2, -0.15) is 5.10 Å². The third kappa shape index (κ3) is 4.42. The van der Waals surface area contributed by atoms with Crippen LogP contribution < -0.4 is 0 Å². The zero-order chi connectivity index (χ0) is 16.9. The number of aryl methyl sites for hydroxylation is 1. The van der Waals surface area contributed by atoms with Gasteiger partial charge in [0.25, 0.3) is 0 Å². The first-order valence-corrected chi connectivity index (χ1v) is 8.44. The fraction of sp³-hybridized carbons (Fsp3) is 0.350. The van der Waals surface area contributed by atoms with E-state index < -0.39 is 0 Å². The average Bonchev–Trinajstić information content (AvgIpc) is 2.59. The van der Waals surface area contributed by atoms with Gasteiger partial charge in [0.2, 0.25) is 0 Å². The maximum absolute atomic E-state index is 13.0. The summed E-state index contributed by atoms with van der Waals surface area (Å²) in [7, 11) is 0. The Morgan fingerprint density at radius 2 is 1.58 bits per heavy atom. The zero-order valence-electron chi connectivity index (χ0n) is 14.4. The standard InChI is InChI=1S/C20H24FN3/c1-16-3-5-18(6-4-16)15-23-11-13-24(14-12-23)22-17(2)19-7-9-20(21)10-8-19/h3-10H,11-15H2,1-2H3. The van der Waals surface area contributed by atoms with Gasteiger partial charge in [0.05, 0.1) is 5.71 Å². The van der Waals surface area contributed by atoms with Crippen LogP contribution in [0.25, 0.3) is 0 Å². The van der Waals surface area contributed by atoms with E-state index in [1.54, 1.807) is 12.1 Å². The molecule has 1 aliphatic rings. The van der Waals surface area contributed by atoms with Crippen LogP contribution in [0.3, 0.4) is 0 Å². The van der Waals surface area contributed by atoms with Crippen LogP contribution >= 0.6 is 0 Å². The molecule has 4 heteroatoms. The molecule has 0 aliphatic carbocycles. The van der Waals surface area contributed by atoms with E-state index in [0.29, 0.717) is 0 Å². The van der Waals surface area contributed by atoms with Crippen molar-refractivity contribution in [3.63, 3.8) is 0 Å². The zero-order valence-corrected chi connectivity index (χ0v) is 14.4. The number of nitrogens with zero attached hydrogens (tertiary/aromatic N) is 3. The molecule has 0 saturated carbocycles. The smallest absolute Gasteiger partial charge is 0.123 e. The van der Waals surface area contributed by atoms with Crippen LogP contribution in [0.5, 0.6) is 0 Å². The molecule has 0 aromatic heterocycles. The minimum atomic E-state index is -0.212. The quantitative estimate of drug-likeness (QED) is 0.799. The maximum Gasteiger partial charge on any atom is 0.123 e. The number of piperazine rings is 1. The summed E-state index contributed by atoms with van der Waals surface area (Å²) < 4.78 is 13.0. The Bertz CT molecular complexity index is 684. The molecule has 0 N–H and O–H groups in total. The highest BCUT2D eigenvalue weighted by atomic mass is 19.1. The second-order valence-corrected chi connectivity index (χ2v) is 6.41. The van der Waals surface area contributed by atoms with Gasteiger partial charge in [-0.25, -0.2) is 4.39 Å². The molecule has 0 bridgehead atoms. The summed E-state index contributed by atoms with van der Waals surface area (Å²) in [6, 6.07) is 15.3. The third-order valence-electron chi connectivity index (χ3n) is 4.43. The molecule has 0 unspecified atom stereocenters. The Kier molecular flexibility index (Phi) is 5.26. The molecule has 2 aromatic carbocycles. The topological polar surface area (TPSA) is 18.8 Å². The fourth-order valence-corrected chi connectivity index (χ4v) is 2.91. The summed E-state index contributed by atoms with van der Waals surface area (Å²) >= 11 is 0.